The van der Waals surface area contributed by atoms with E-state index in [2.05, 4.69) is 50.4 Å². The molecule has 0 saturated carbocycles. The number of rotatable bonds is 2. The predicted octanol–water partition coefficient (Wildman–Crippen LogP) is 4.29. The predicted molar refractivity (Wildman–Crippen MR) is 78.4 cm³/mol. The second-order valence-electron chi connectivity index (χ2n) is 5.28. The summed E-state index contributed by atoms with van der Waals surface area (Å²) in [5, 5.41) is 4.47. The molecule has 94 valence electrons. The maximum absolute atomic E-state index is 4.77. The van der Waals surface area contributed by atoms with Crippen molar-refractivity contribution < 1.29 is 0 Å². The number of hydrogen-bond acceptors (Lipinski definition) is 3. The van der Waals surface area contributed by atoms with Gasteiger partial charge in [0.1, 0.15) is 0 Å². The molecule has 1 aromatic heterocycles. The zero-order valence-corrected chi connectivity index (χ0v) is 11.8. The van der Waals surface area contributed by atoms with Crippen molar-refractivity contribution in [3.05, 3.63) is 34.7 Å². The summed E-state index contributed by atoms with van der Waals surface area (Å²) in [6.07, 6.45) is 1.11. The summed E-state index contributed by atoms with van der Waals surface area (Å²) in [6.45, 7) is 6.60. The summed E-state index contributed by atoms with van der Waals surface area (Å²) in [7, 11) is 0. The molecule has 1 N–H and O–H groups in total. The van der Waals surface area contributed by atoms with Gasteiger partial charge in [0.25, 0.3) is 0 Å². The highest BCUT2D eigenvalue weighted by atomic mass is 32.1. The highest BCUT2D eigenvalue weighted by Gasteiger charge is 2.25. The first-order valence-corrected chi connectivity index (χ1v) is 7.32. The summed E-state index contributed by atoms with van der Waals surface area (Å²) >= 11 is 1.81. The number of nitrogens with zero attached hydrogens (tertiary/aromatic N) is 1. The molecule has 3 heteroatoms. The number of anilines is 1. The fourth-order valence-corrected chi connectivity index (χ4v) is 3.79. The van der Waals surface area contributed by atoms with Gasteiger partial charge in [-0.15, -0.1) is 11.3 Å². The summed E-state index contributed by atoms with van der Waals surface area (Å²) < 4.78 is 0. The smallest absolute Gasteiger partial charge is 0.183 e. The van der Waals surface area contributed by atoms with Crippen LogP contribution in [0.1, 0.15) is 37.1 Å². The average molecular weight is 258 g/mol. The second kappa shape index (κ2) is 4.39. The summed E-state index contributed by atoms with van der Waals surface area (Å²) in [4.78, 5) is 6.19. The Morgan fingerprint density at radius 2 is 2.11 bits per heavy atom. The monoisotopic (exact) mass is 258 g/mol. The Labute approximate surface area is 112 Å². The second-order valence-corrected chi connectivity index (χ2v) is 6.37. The van der Waals surface area contributed by atoms with Crippen molar-refractivity contribution in [2.45, 2.75) is 39.2 Å². The highest BCUT2D eigenvalue weighted by molar-refractivity contribution is 7.16. The molecule has 0 spiro atoms. The van der Waals surface area contributed by atoms with Gasteiger partial charge < -0.3 is 5.32 Å². The number of fused-ring (bicyclic) bond motifs is 3. The zero-order valence-electron chi connectivity index (χ0n) is 11.0. The molecule has 1 unspecified atom stereocenters. The quantitative estimate of drug-likeness (QED) is 0.869. The van der Waals surface area contributed by atoms with Crippen molar-refractivity contribution in [1.29, 1.82) is 0 Å². The van der Waals surface area contributed by atoms with Crippen LogP contribution in [0.4, 0.5) is 5.13 Å². The fourth-order valence-electron chi connectivity index (χ4n) is 2.54. The largest absolute Gasteiger partial charge is 0.359 e. The summed E-state index contributed by atoms with van der Waals surface area (Å²) in [6, 6.07) is 9.10. The Kier molecular flexibility index (Phi) is 2.86. The Morgan fingerprint density at radius 1 is 1.33 bits per heavy atom. The molecule has 1 heterocycles. The van der Waals surface area contributed by atoms with Crippen LogP contribution in [-0.2, 0) is 6.42 Å². The molecular formula is C15H18N2S. The number of nitrogens with one attached hydrogen (secondary N) is 1. The first-order valence-electron chi connectivity index (χ1n) is 6.50. The number of benzene rings is 1. The van der Waals surface area contributed by atoms with Crippen LogP contribution < -0.4 is 5.32 Å². The average Bonchev–Trinajstić information content (AvgIpc) is 2.71. The topological polar surface area (TPSA) is 24.9 Å². The van der Waals surface area contributed by atoms with Gasteiger partial charge in [-0.2, -0.15) is 0 Å². The maximum atomic E-state index is 4.77. The molecule has 18 heavy (non-hydrogen) atoms. The lowest BCUT2D eigenvalue weighted by Crippen LogP contribution is -2.09. The van der Waals surface area contributed by atoms with Crippen LogP contribution in [0.25, 0.3) is 11.3 Å². The van der Waals surface area contributed by atoms with E-state index in [-0.39, 0.29) is 0 Å². The molecule has 2 aromatic rings. The van der Waals surface area contributed by atoms with Gasteiger partial charge in [0.05, 0.1) is 5.69 Å². The Morgan fingerprint density at radius 3 is 2.89 bits per heavy atom. The van der Waals surface area contributed by atoms with Crippen molar-refractivity contribution in [3.63, 3.8) is 0 Å². The van der Waals surface area contributed by atoms with Gasteiger partial charge in [0.15, 0.2) is 5.13 Å². The summed E-state index contributed by atoms with van der Waals surface area (Å²) in [5.41, 5.74) is 3.95. The van der Waals surface area contributed by atoms with Gasteiger partial charge in [-0.3, -0.25) is 0 Å². The van der Waals surface area contributed by atoms with E-state index in [1.165, 1.54) is 21.7 Å². The van der Waals surface area contributed by atoms with Crippen molar-refractivity contribution in [2.75, 3.05) is 5.32 Å². The SMILES string of the molecule is CC(C)Nc1nc2c(s1)CC(C)c1ccccc1-2. The van der Waals surface area contributed by atoms with E-state index < -0.39 is 0 Å². The lowest BCUT2D eigenvalue weighted by Gasteiger charge is -2.20. The molecule has 1 aliphatic carbocycles. The summed E-state index contributed by atoms with van der Waals surface area (Å²) in [5.74, 6) is 0.598. The van der Waals surface area contributed by atoms with E-state index in [9.17, 15) is 0 Å². The lowest BCUT2D eigenvalue weighted by molar-refractivity contribution is 0.757. The van der Waals surface area contributed by atoms with Crippen LogP contribution in [0.15, 0.2) is 24.3 Å². The van der Waals surface area contributed by atoms with Crippen LogP contribution in [0, 0.1) is 0 Å². The number of hydrogen-bond donors (Lipinski definition) is 1. The molecule has 0 saturated heterocycles. The third kappa shape index (κ3) is 1.93. The normalized spacial score (nSPS) is 17.4. The van der Waals surface area contributed by atoms with Gasteiger partial charge in [-0.1, -0.05) is 31.2 Å². The van der Waals surface area contributed by atoms with Crippen LogP contribution in [0.5, 0.6) is 0 Å². The van der Waals surface area contributed by atoms with Crippen molar-refractivity contribution in [2.24, 2.45) is 0 Å². The van der Waals surface area contributed by atoms with E-state index in [1.807, 2.05) is 11.3 Å². The van der Waals surface area contributed by atoms with Crippen molar-refractivity contribution >= 4 is 16.5 Å². The molecule has 1 aromatic carbocycles. The highest BCUT2D eigenvalue weighted by Crippen LogP contribution is 2.42. The Hall–Kier alpha value is -1.35. The third-order valence-corrected chi connectivity index (χ3v) is 4.36. The van der Waals surface area contributed by atoms with Gasteiger partial charge in [-0.05, 0) is 31.7 Å². The van der Waals surface area contributed by atoms with Crippen LogP contribution in [0.3, 0.4) is 0 Å². The molecule has 0 aliphatic heterocycles. The zero-order chi connectivity index (χ0) is 12.7. The minimum Gasteiger partial charge on any atom is -0.359 e. The lowest BCUT2D eigenvalue weighted by atomic mass is 9.86. The molecule has 0 amide bonds. The number of aromatic nitrogens is 1. The minimum atomic E-state index is 0.435. The van der Waals surface area contributed by atoms with Gasteiger partial charge >= 0.3 is 0 Å². The number of thiazole rings is 1. The first-order chi connectivity index (χ1) is 8.65. The molecule has 0 bridgehead atoms. The van der Waals surface area contributed by atoms with Gasteiger partial charge in [0, 0.05) is 16.5 Å². The van der Waals surface area contributed by atoms with Crippen molar-refractivity contribution in [3.8, 4) is 11.3 Å². The molecule has 1 aliphatic rings. The van der Waals surface area contributed by atoms with Crippen LogP contribution in [0.2, 0.25) is 0 Å². The fraction of sp³-hybridized carbons (Fsp3) is 0.400. The van der Waals surface area contributed by atoms with E-state index in [4.69, 9.17) is 4.98 Å². The molecular weight excluding hydrogens is 240 g/mol. The third-order valence-electron chi connectivity index (χ3n) is 3.35. The van der Waals surface area contributed by atoms with E-state index in [0.29, 0.717) is 12.0 Å². The van der Waals surface area contributed by atoms with E-state index in [0.717, 1.165) is 11.6 Å². The molecule has 2 nitrogen and oxygen atoms in total. The standard InChI is InChI=1S/C15H18N2S/c1-9(2)16-15-17-14-12-7-5-4-6-11(12)10(3)8-13(14)18-15/h4-7,9-10H,8H2,1-3H3,(H,16,17). The van der Waals surface area contributed by atoms with E-state index >= 15 is 0 Å². The molecule has 3 rings (SSSR count). The first kappa shape index (κ1) is 11.7. The van der Waals surface area contributed by atoms with Crippen LogP contribution in [-0.4, -0.2) is 11.0 Å². The van der Waals surface area contributed by atoms with Crippen molar-refractivity contribution in [1.82, 2.24) is 4.98 Å². The molecule has 0 radical (unpaired) electrons. The van der Waals surface area contributed by atoms with Crippen LogP contribution >= 0.6 is 11.3 Å². The van der Waals surface area contributed by atoms with E-state index in [1.54, 1.807) is 0 Å². The Bertz CT molecular complexity index is 572. The molecule has 1 atom stereocenters. The maximum Gasteiger partial charge on any atom is 0.183 e. The minimum absolute atomic E-state index is 0.435. The molecule has 0 fully saturated rings. The Balaban J connectivity index is 2.07. The van der Waals surface area contributed by atoms with Gasteiger partial charge in [0.2, 0.25) is 0 Å². The van der Waals surface area contributed by atoms with Gasteiger partial charge in [-0.25, -0.2) is 4.98 Å².